The van der Waals surface area contributed by atoms with Crippen molar-refractivity contribution in [3.63, 3.8) is 0 Å². The molecule has 0 unspecified atom stereocenters. The third-order valence-corrected chi connectivity index (χ3v) is 6.86. The van der Waals surface area contributed by atoms with Crippen LogP contribution in [-0.2, 0) is 10.0 Å². The molecule has 0 radical (unpaired) electrons. The van der Waals surface area contributed by atoms with Crippen molar-refractivity contribution in [1.29, 1.82) is 0 Å². The number of benzene rings is 2. The molecule has 0 aliphatic rings. The van der Waals surface area contributed by atoms with Gasteiger partial charge < -0.3 is 14.5 Å². The van der Waals surface area contributed by atoms with Crippen molar-refractivity contribution in [2.75, 3.05) is 25.5 Å². The van der Waals surface area contributed by atoms with Gasteiger partial charge >= 0.3 is 0 Å². The lowest BCUT2D eigenvalue weighted by Gasteiger charge is -2.19. The van der Waals surface area contributed by atoms with Gasteiger partial charge in [-0.2, -0.15) is 4.31 Å². The van der Waals surface area contributed by atoms with Gasteiger partial charge in [-0.15, -0.1) is 0 Å². The minimum absolute atomic E-state index is 0.0821. The van der Waals surface area contributed by atoms with Gasteiger partial charge in [0, 0.05) is 24.0 Å². The van der Waals surface area contributed by atoms with Crippen molar-refractivity contribution in [2.45, 2.75) is 25.7 Å². The van der Waals surface area contributed by atoms with Gasteiger partial charge in [-0.25, -0.2) is 8.42 Å². The molecule has 1 N–H and O–H groups in total. The fraction of sp³-hybridized carbons (Fsp3) is 0.286. The molecule has 7 nitrogen and oxygen atoms in total. The molecule has 1 heterocycles. The quantitative estimate of drug-likeness (QED) is 0.628. The number of nitrogens with one attached hydrogen (secondary N) is 1. The maximum Gasteiger partial charge on any atom is 0.291 e. The number of amides is 1. The molecule has 0 atom stereocenters. The van der Waals surface area contributed by atoms with E-state index in [1.165, 1.54) is 29.6 Å². The topological polar surface area (TPSA) is 88.9 Å². The van der Waals surface area contributed by atoms with Gasteiger partial charge in [0.05, 0.1) is 17.7 Å². The maximum absolute atomic E-state index is 12.9. The lowest BCUT2D eigenvalue weighted by atomic mass is 10.1. The molecular weight excluding hydrogens is 392 g/mol. The van der Waals surface area contributed by atoms with Crippen LogP contribution in [0.2, 0.25) is 0 Å². The summed E-state index contributed by atoms with van der Waals surface area (Å²) in [5, 5.41) is 3.58. The highest BCUT2D eigenvalue weighted by molar-refractivity contribution is 7.89. The van der Waals surface area contributed by atoms with E-state index in [-0.39, 0.29) is 16.3 Å². The molecule has 154 valence electrons. The van der Waals surface area contributed by atoms with Gasteiger partial charge in [0.15, 0.2) is 5.76 Å². The summed E-state index contributed by atoms with van der Waals surface area (Å²) < 4.78 is 38.0. The van der Waals surface area contributed by atoms with Crippen LogP contribution in [0.15, 0.2) is 51.8 Å². The number of para-hydroxylation sites is 1. The van der Waals surface area contributed by atoms with Crippen LogP contribution in [0.4, 0.5) is 5.69 Å². The molecule has 1 aromatic heterocycles. The fourth-order valence-corrected chi connectivity index (χ4v) is 4.71. The van der Waals surface area contributed by atoms with Crippen LogP contribution in [0, 0.1) is 6.92 Å². The highest BCUT2D eigenvalue weighted by Crippen LogP contribution is 2.31. The summed E-state index contributed by atoms with van der Waals surface area (Å²) in [5.41, 5.74) is 1.58. The van der Waals surface area contributed by atoms with E-state index in [4.69, 9.17) is 9.15 Å². The van der Waals surface area contributed by atoms with Crippen LogP contribution in [0.5, 0.6) is 5.75 Å². The number of carbonyl (C=O) groups excluding carboxylic acids is 1. The summed E-state index contributed by atoms with van der Waals surface area (Å²) in [4.78, 5) is 12.9. The Morgan fingerprint density at radius 2 is 1.83 bits per heavy atom. The van der Waals surface area contributed by atoms with Crippen LogP contribution < -0.4 is 10.1 Å². The predicted octanol–water partition coefficient (Wildman–Crippen LogP) is 4.03. The van der Waals surface area contributed by atoms with Crippen molar-refractivity contribution >= 4 is 32.6 Å². The van der Waals surface area contributed by atoms with Gasteiger partial charge in [-0.1, -0.05) is 32.0 Å². The summed E-state index contributed by atoms with van der Waals surface area (Å²) >= 11 is 0. The zero-order chi connectivity index (χ0) is 21.2. The largest absolute Gasteiger partial charge is 0.495 e. The Hall–Kier alpha value is -2.84. The van der Waals surface area contributed by atoms with Crippen molar-refractivity contribution < 1.29 is 22.4 Å². The number of ether oxygens (including phenoxy) is 1. The van der Waals surface area contributed by atoms with E-state index >= 15 is 0 Å². The van der Waals surface area contributed by atoms with Crippen molar-refractivity contribution in [1.82, 2.24) is 4.31 Å². The Kier molecular flexibility index (Phi) is 5.95. The molecule has 0 saturated heterocycles. The number of rotatable bonds is 7. The highest BCUT2D eigenvalue weighted by Gasteiger charge is 2.24. The molecule has 0 saturated carbocycles. The van der Waals surface area contributed by atoms with Crippen LogP contribution in [-0.4, -0.2) is 38.8 Å². The van der Waals surface area contributed by atoms with E-state index in [0.717, 1.165) is 5.39 Å². The van der Waals surface area contributed by atoms with Gasteiger partial charge in [-0.3, -0.25) is 4.79 Å². The number of fused-ring (bicyclic) bond motifs is 1. The monoisotopic (exact) mass is 416 g/mol. The third kappa shape index (κ3) is 3.86. The summed E-state index contributed by atoms with van der Waals surface area (Å²) in [7, 11) is -2.22. The van der Waals surface area contributed by atoms with Crippen molar-refractivity contribution in [3.05, 3.63) is 53.8 Å². The number of hydrogen-bond donors (Lipinski definition) is 1. The molecule has 29 heavy (non-hydrogen) atoms. The first-order valence-electron chi connectivity index (χ1n) is 9.31. The standard InChI is InChI=1S/C21H24N2O5S/c1-5-23(6-2)29(25,26)15-11-12-19(27-4)17(13-15)22-21(24)20-14(3)16-9-7-8-10-18(16)28-20/h7-13H,5-6H2,1-4H3,(H,22,24). The summed E-state index contributed by atoms with van der Waals surface area (Å²) in [5.74, 6) is 0.0465. The van der Waals surface area contributed by atoms with Crippen LogP contribution >= 0.6 is 0 Å². The number of furan rings is 1. The second-order valence-corrected chi connectivity index (χ2v) is 8.40. The van der Waals surface area contributed by atoms with E-state index in [2.05, 4.69) is 5.32 Å². The molecule has 2 aromatic carbocycles. The Morgan fingerprint density at radius 3 is 2.45 bits per heavy atom. The first-order chi connectivity index (χ1) is 13.8. The molecule has 0 aliphatic carbocycles. The van der Waals surface area contributed by atoms with E-state index in [0.29, 0.717) is 30.0 Å². The number of aryl methyl sites for hydroxylation is 1. The molecule has 0 bridgehead atoms. The average molecular weight is 416 g/mol. The second-order valence-electron chi connectivity index (χ2n) is 6.46. The van der Waals surface area contributed by atoms with Crippen molar-refractivity contribution in [2.24, 2.45) is 0 Å². The second kappa shape index (κ2) is 8.26. The Labute approximate surface area is 170 Å². The summed E-state index contributed by atoms with van der Waals surface area (Å²) in [6.07, 6.45) is 0. The van der Waals surface area contributed by atoms with Crippen LogP contribution in [0.1, 0.15) is 30.0 Å². The molecule has 0 fully saturated rings. The lowest BCUT2D eigenvalue weighted by Crippen LogP contribution is -2.30. The molecule has 0 aliphatic heterocycles. The Balaban J connectivity index is 1.99. The van der Waals surface area contributed by atoms with Gasteiger partial charge in [0.2, 0.25) is 10.0 Å². The number of carbonyl (C=O) groups is 1. The van der Waals surface area contributed by atoms with Gasteiger partial charge in [0.25, 0.3) is 5.91 Å². The smallest absolute Gasteiger partial charge is 0.291 e. The average Bonchev–Trinajstić information content (AvgIpc) is 3.05. The number of sulfonamides is 1. The van der Waals surface area contributed by atoms with E-state index in [1.54, 1.807) is 26.8 Å². The third-order valence-electron chi connectivity index (χ3n) is 4.81. The first-order valence-corrected chi connectivity index (χ1v) is 10.7. The first kappa shape index (κ1) is 20.9. The molecule has 3 rings (SSSR count). The minimum Gasteiger partial charge on any atom is -0.495 e. The lowest BCUT2D eigenvalue weighted by molar-refractivity contribution is 0.0997. The number of anilines is 1. The van der Waals surface area contributed by atoms with E-state index in [9.17, 15) is 13.2 Å². The van der Waals surface area contributed by atoms with Gasteiger partial charge in [-0.05, 0) is 31.2 Å². The fourth-order valence-electron chi connectivity index (χ4n) is 3.23. The van der Waals surface area contributed by atoms with Gasteiger partial charge in [0.1, 0.15) is 11.3 Å². The zero-order valence-electron chi connectivity index (χ0n) is 16.9. The zero-order valence-corrected chi connectivity index (χ0v) is 17.7. The number of hydrogen-bond acceptors (Lipinski definition) is 5. The van der Waals surface area contributed by atoms with E-state index < -0.39 is 15.9 Å². The number of nitrogens with zero attached hydrogens (tertiary/aromatic N) is 1. The minimum atomic E-state index is -3.67. The number of methoxy groups -OCH3 is 1. The SMILES string of the molecule is CCN(CC)S(=O)(=O)c1ccc(OC)c(NC(=O)c2oc3ccccc3c2C)c1. The van der Waals surface area contributed by atoms with Crippen LogP contribution in [0.25, 0.3) is 11.0 Å². The molecule has 8 heteroatoms. The van der Waals surface area contributed by atoms with Crippen molar-refractivity contribution in [3.8, 4) is 5.75 Å². The normalized spacial score (nSPS) is 11.8. The molecule has 1 amide bonds. The van der Waals surface area contributed by atoms with Crippen LogP contribution in [0.3, 0.4) is 0 Å². The molecule has 3 aromatic rings. The highest BCUT2D eigenvalue weighted by atomic mass is 32.2. The Bertz CT molecular complexity index is 1150. The predicted molar refractivity (Wildman–Crippen MR) is 112 cm³/mol. The van der Waals surface area contributed by atoms with E-state index in [1.807, 2.05) is 18.2 Å². The summed E-state index contributed by atoms with van der Waals surface area (Å²) in [6.45, 7) is 6.06. The maximum atomic E-state index is 12.9. The molecular formula is C21H24N2O5S. The summed E-state index contributed by atoms with van der Waals surface area (Å²) in [6, 6.07) is 11.8. The Morgan fingerprint density at radius 1 is 1.14 bits per heavy atom. The molecule has 0 spiro atoms.